The molecule has 3 aromatic carbocycles. The van der Waals surface area contributed by atoms with E-state index in [4.69, 9.17) is 0 Å². The average molecular weight is 396 g/mol. The quantitative estimate of drug-likeness (QED) is 0.511. The van der Waals surface area contributed by atoms with Crippen LogP contribution in [0.4, 0.5) is 11.4 Å². The topological polar surface area (TPSA) is 76.0 Å². The molecule has 30 heavy (non-hydrogen) atoms. The predicted molar refractivity (Wildman–Crippen MR) is 118 cm³/mol. The number of anilines is 2. The normalized spacial score (nSPS) is 10.4. The molecule has 148 valence electrons. The van der Waals surface area contributed by atoms with Crippen LogP contribution in [-0.2, 0) is 4.79 Å². The molecule has 0 atom stereocenters. The van der Waals surface area contributed by atoms with Crippen molar-refractivity contribution in [1.29, 1.82) is 0 Å². The molecular formula is C24H20N4O2. The molecule has 0 radical (unpaired) electrons. The maximum absolute atomic E-state index is 13.1. The van der Waals surface area contributed by atoms with E-state index in [1.165, 1.54) is 6.92 Å². The van der Waals surface area contributed by atoms with Crippen molar-refractivity contribution in [3.63, 3.8) is 0 Å². The highest BCUT2D eigenvalue weighted by Crippen LogP contribution is 2.25. The summed E-state index contributed by atoms with van der Waals surface area (Å²) >= 11 is 0. The Labute approximate surface area is 174 Å². The van der Waals surface area contributed by atoms with Gasteiger partial charge in [-0.25, -0.2) is 4.68 Å². The van der Waals surface area contributed by atoms with Gasteiger partial charge in [0.2, 0.25) is 5.91 Å². The zero-order valence-corrected chi connectivity index (χ0v) is 16.4. The standard InChI is InChI=1S/C24H20N4O2/c1-17(29)25-19-12-14-20(15-13-19)26-24(30)22-16-28(21-10-6-3-7-11-21)27-23(22)18-8-4-2-5-9-18/h2-16H,1H3,(H,25,29)(H,26,30). The molecule has 6 nitrogen and oxygen atoms in total. The maximum atomic E-state index is 13.1. The van der Waals surface area contributed by atoms with Crippen molar-refractivity contribution < 1.29 is 9.59 Å². The Morgan fingerprint density at radius 3 is 1.93 bits per heavy atom. The summed E-state index contributed by atoms with van der Waals surface area (Å²) in [6.45, 7) is 1.45. The predicted octanol–water partition coefficient (Wildman–Crippen LogP) is 4.75. The third kappa shape index (κ3) is 4.28. The van der Waals surface area contributed by atoms with Crippen molar-refractivity contribution in [1.82, 2.24) is 9.78 Å². The van der Waals surface area contributed by atoms with Gasteiger partial charge in [-0.15, -0.1) is 0 Å². The van der Waals surface area contributed by atoms with Gasteiger partial charge < -0.3 is 10.6 Å². The summed E-state index contributed by atoms with van der Waals surface area (Å²) in [6.07, 6.45) is 1.73. The van der Waals surface area contributed by atoms with Gasteiger partial charge >= 0.3 is 0 Å². The van der Waals surface area contributed by atoms with Crippen LogP contribution in [0, 0.1) is 0 Å². The fourth-order valence-electron chi connectivity index (χ4n) is 3.10. The van der Waals surface area contributed by atoms with Crippen LogP contribution in [0.25, 0.3) is 16.9 Å². The Kier molecular flexibility index (Phi) is 5.39. The highest BCUT2D eigenvalue weighted by Gasteiger charge is 2.18. The van der Waals surface area contributed by atoms with E-state index in [2.05, 4.69) is 15.7 Å². The number of rotatable bonds is 5. The van der Waals surface area contributed by atoms with Gasteiger partial charge in [-0.05, 0) is 36.4 Å². The first-order valence-corrected chi connectivity index (χ1v) is 9.50. The van der Waals surface area contributed by atoms with E-state index in [0.717, 1.165) is 11.3 Å². The average Bonchev–Trinajstić information content (AvgIpc) is 3.22. The molecule has 2 amide bonds. The molecule has 0 aliphatic heterocycles. The number of aromatic nitrogens is 2. The SMILES string of the molecule is CC(=O)Nc1ccc(NC(=O)c2cn(-c3ccccc3)nc2-c2ccccc2)cc1. The maximum Gasteiger partial charge on any atom is 0.259 e. The largest absolute Gasteiger partial charge is 0.326 e. The first-order valence-electron chi connectivity index (χ1n) is 9.50. The summed E-state index contributed by atoms with van der Waals surface area (Å²) < 4.78 is 1.71. The lowest BCUT2D eigenvalue weighted by Crippen LogP contribution is -2.12. The Bertz CT molecular complexity index is 1170. The zero-order valence-electron chi connectivity index (χ0n) is 16.4. The number of para-hydroxylation sites is 1. The number of carbonyl (C=O) groups excluding carboxylic acids is 2. The van der Waals surface area contributed by atoms with E-state index < -0.39 is 0 Å². The van der Waals surface area contributed by atoms with Gasteiger partial charge in [0.25, 0.3) is 5.91 Å². The smallest absolute Gasteiger partial charge is 0.259 e. The first-order chi connectivity index (χ1) is 14.6. The summed E-state index contributed by atoms with van der Waals surface area (Å²) in [5.74, 6) is -0.407. The van der Waals surface area contributed by atoms with Gasteiger partial charge in [-0.2, -0.15) is 5.10 Å². The number of amides is 2. The van der Waals surface area contributed by atoms with Gasteiger partial charge in [0, 0.05) is 30.1 Å². The molecule has 0 fully saturated rings. The molecule has 4 rings (SSSR count). The molecule has 1 heterocycles. The summed E-state index contributed by atoms with van der Waals surface area (Å²) in [5.41, 5.74) is 4.09. The van der Waals surface area contributed by atoms with Crippen molar-refractivity contribution in [2.24, 2.45) is 0 Å². The number of hydrogen-bond acceptors (Lipinski definition) is 3. The third-order valence-corrected chi connectivity index (χ3v) is 4.49. The summed E-state index contributed by atoms with van der Waals surface area (Å²) in [6, 6.07) is 26.2. The number of hydrogen-bond donors (Lipinski definition) is 2. The van der Waals surface area contributed by atoms with E-state index in [1.807, 2.05) is 60.7 Å². The second-order valence-corrected chi connectivity index (χ2v) is 6.75. The van der Waals surface area contributed by atoms with Crippen molar-refractivity contribution in [3.8, 4) is 16.9 Å². The molecule has 0 saturated heterocycles. The number of nitrogens with zero attached hydrogens (tertiary/aromatic N) is 2. The lowest BCUT2D eigenvalue weighted by Gasteiger charge is -2.07. The van der Waals surface area contributed by atoms with Crippen LogP contribution in [-0.4, -0.2) is 21.6 Å². The molecule has 4 aromatic rings. The molecule has 0 spiro atoms. The lowest BCUT2D eigenvalue weighted by atomic mass is 10.1. The van der Waals surface area contributed by atoms with Gasteiger partial charge in [-0.3, -0.25) is 9.59 Å². The fourth-order valence-corrected chi connectivity index (χ4v) is 3.10. The highest BCUT2D eigenvalue weighted by atomic mass is 16.2. The van der Waals surface area contributed by atoms with Crippen molar-refractivity contribution in [2.45, 2.75) is 6.92 Å². The zero-order chi connectivity index (χ0) is 20.9. The van der Waals surface area contributed by atoms with Gasteiger partial charge in [0.15, 0.2) is 0 Å². The molecule has 6 heteroatoms. The number of carbonyl (C=O) groups is 2. The molecular weight excluding hydrogens is 376 g/mol. The van der Waals surface area contributed by atoms with E-state index >= 15 is 0 Å². The van der Waals surface area contributed by atoms with E-state index in [1.54, 1.807) is 35.1 Å². The minimum absolute atomic E-state index is 0.146. The van der Waals surface area contributed by atoms with Crippen LogP contribution in [0.1, 0.15) is 17.3 Å². The van der Waals surface area contributed by atoms with Crippen LogP contribution >= 0.6 is 0 Å². The summed E-state index contributed by atoms with van der Waals surface area (Å²) in [7, 11) is 0. The molecule has 0 unspecified atom stereocenters. The van der Waals surface area contributed by atoms with Crippen LogP contribution in [0.5, 0.6) is 0 Å². The van der Waals surface area contributed by atoms with Crippen molar-refractivity contribution >= 4 is 23.2 Å². The van der Waals surface area contributed by atoms with E-state index in [9.17, 15) is 9.59 Å². The molecule has 2 N–H and O–H groups in total. The summed E-state index contributed by atoms with van der Waals surface area (Å²) in [5, 5.41) is 10.3. The number of nitrogens with one attached hydrogen (secondary N) is 2. The van der Waals surface area contributed by atoms with Crippen molar-refractivity contribution in [2.75, 3.05) is 10.6 Å². The lowest BCUT2D eigenvalue weighted by molar-refractivity contribution is -0.114. The molecule has 0 saturated carbocycles. The van der Waals surface area contributed by atoms with Gasteiger partial charge in [-0.1, -0.05) is 48.5 Å². The van der Waals surface area contributed by atoms with Gasteiger partial charge in [0.1, 0.15) is 5.69 Å². The third-order valence-electron chi connectivity index (χ3n) is 4.49. The van der Waals surface area contributed by atoms with Crippen LogP contribution in [0.3, 0.4) is 0 Å². The van der Waals surface area contributed by atoms with E-state index in [0.29, 0.717) is 22.6 Å². The Morgan fingerprint density at radius 2 is 1.33 bits per heavy atom. The van der Waals surface area contributed by atoms with Crippen LogP contribution in [0.15, 0.2) is 91.1 Å². The van der Waals surface area contributed by atoms with Crippen molar-refractivity contribution in [3.05, 3.63) is 96.7 Å². The fraction of sp³-hybridized carbons (Fsp3) is 0.0417. The monoisotopic (exact) mass is 396 g/mol. The minimum atomic E-state index is -0.261. The second kappa shape index (κ2) is 8.45. The summed E-state index contributed by atoms with van der Waals surface area (Å²) in [4.78, 5) is 24.2. The first kappa shape index (κ1) is 19.1. The van der Waals surface area contributed by atoms with Gasteiger partial charge in [0.05, 0.1) is 11.3 Å². The second-order valence-electron chi connectivity index (χ2n) is 6.75. The van der Waals surface area contributed by atoms with Crippen LogP contribution < -0.4 is 10.6 Å². The van der Waals surface area contributed by atoms with Crippen LogP contribution in [0.2, 0.25) is 0 Å². The highest BCUT2D eigenvalue weighted by molar-refractivity contribution is 6.08. The molecule has 1 aromatic heterocycles. The Morgan fingerprint density at radius 1 is 0.767 bits per heavy atom. The van der Waals surface area contributed by atoms with E-state index in [-0.39, 0.29) is 11.8 Å². The molecule has 0 aliphatic carbocycles. The molecule has 0 aliphatic rings. The Balaban J connectivity index is 1.65. The Hall–Kier alpha value is -4.19. The minimum Gasteiger partial charge on any atom is -0.326 e. The number of benzene rings is 3. The molecule has 0 bridgehead atoms.